The lowest BCUT2D eigenvalue weighted by molar-refractivity contribution is -0.135. The molecule has 0 saturated carbocycles. The van der Waals surface area contributed by atoms with Crippen LogP contribution < -0.4 is 5.32 Å². The number of sulfonamides is 1. The molecule has 1 N–H and O–H groups in total. The number of hydrogen-bond acceptors (Lipinski definition) is 3. The van der Waals surface area contributed by atoms with Crippen LogP contribution in [0.15, 0.2) is 29.2 Å². The van der Waals surface area contributed by atoms with E-state index in [1.165, 1.54) is 20.2 Å². The maximum absolute atomic E-state index is 12.1. The number of alkyl halides is 3. The molecule has 0 saturated heterocycles. The lowest BCUT2D eigenvalue weighted by atomic mass is 10.2. The summed E-state index contributed by atoms with van der Waals surface area (Å²) >= 11 is 0. The highest BCUT2D eigenvalue weighted by Gasteiger charge is 2.26. The van der Waals surface area contributed by atoms with Crippen LogP contribution in [0.4, 0.5) is 18.9 Å². The zero-order valence-corrected chi connectivity index (χ0v) is 12.8. The zero-order valence-electron chi connectivity index (χ0n) is 11.9. The molecule has 1 aromatic rings. The summed E-state index contributed by atoms with van der Waals surface area (Å²) in [5.74, 6) is 0. The minimum absolute atomic E-state index is 0.0130. The summed E-state index contributed by atoms with van der Waals surface area (Å²) < 4.78 is 61.3. The number of halogens is 3. The van der Waals surface area contributed by atoms with E-state index < -0.39 is 22.6 Å². The lowest BCUT2D eigenvalue weighted by Crippen LogP contribution is -2.23. The van der Waals surface area contributed by atoms with Gasteiger partial charge < -0.3 is 5.32 Å². The minimum Gasteiger partial charge on any atom is -0.384 e. The number of para-hydroxylation sites is 1. The predicted octanol–water partition coefficient (Wildman–Crippen LogP) is 3.08. The Morgan fingerprint density at radius 3 is 2.33 bits per heavy atom. The molecule has 4 nitrogen and oxygen atoms in total. The molecule has 1 aromatic carbocycles. The summed E-state index contributed by atoms with van der Waals surface area (Å²) in [6.45, 7) is 0.288. The molecule has 0 amide bonds. The fraction of sp³-hybridized carbons (Fsp3) is 0.538. The average Bonchev–Trinajstić information content (AvgIpc) is 2.37. The van der Waals surface area contributed by atoms with Gasteiger partial charge in [0, 0.05) is 27.1 Å². The molecule has 0 bridgehead atoms. The van der Waals surface area contributed by atoms with Crippen molar-refractivity contribution in [3.8, 4) is 0 Å². The molecular weight excluding hydrogens is 305 g/mol. The SMILES string of the molecule is CN(C)S(=O)(=O)c1ccccc1NCCCCC(F)(F)F. The lowest BCUT2D eigenvalue weighted by Gasteiger charge is -2.16. The molecule has 0 aromatic heterocycles. The molecular formula is C13H19F3N2O2S. The van der Waals surface area contributed by atoms with Crippen molar-refractivity contribution in [1.29, 1.82) is 0 Å². The predicted molar refractivity (Wildman–Crippen MR) is 75.7 cm³/mol. The van der Waals surface area contributed by atoms with Gasteiger partial charge in [0.25, 0.3) is 0 Å². The summed E-state index contributed by atoms with van der Waals surface area (Å²) in [6, 6.07) is 6.34. The third-order valence-electron chi connectivity index (χ3n) is 2.85. The second-order valence-corrected chi connectivity index (χ2v) is 6.90. The number of benzene rings is 1. The number of anilines is 1. The van der Waals surface area contributed by atoms with E-state index >= 15 is 0 Å². The van der Waals surface area contributed by atoms with Crippen LogP contribution in [-0.2, 0) is 10.0 Å². The molecule has 0 atom stereocenters. The van der Waals surface area contributed by atoms with Crippen molar-refractivity contribution in [3.63, 3.8) is 0 Å². The molecule has 0 radical (unpaired) electrons. The standard InChI is InChI=1S/C13H19F3N2O2S/c1-18(2)21(19,20)12-8-4-3-7-11(12)17-10-6-5-9-13(14,15)16/h3-4,7-8,17H,5-6,9-10H2,1-2H3. The highest BCUT2D eigenvalue weighted by atomic mass is 32.2. The van der Waals surface area contributed by atoms with Crippen molar-refractivity contribution in [2.75, 3.05) is 26.0 Å². The monoisotopic (exact) mass is 324 g/mol. The van der Waals surface area contributed by atoms with Crippen molar-refractivity contribution in [1.82, 2.24) is 4.31 Å². The average molecular weight is 324 g/mol. The van der Waals surface area contributed by atoms with Crippen LogP contribution in [-0.4, -0.2) is 39.5 Å². The van der Waals surface area contributed by atoms with E-state index in [-0.39, 0.29) is 17.9 Å². The third kappa shape index (κ3) is 5.55. The van der Waals surface area contributed by atoms with Gasteiger partial charge in [-0.05, 0) is 25.0 Å². The third-order valence-corrected chi connectivity index (χ3v) is 4.72. The van der Waals surface area contributed by atoms with Gasteiger partial charge >= 0.3 is 6.18 Å². The molecule has 0 spiro atoms. The molecule has 0 heterocycles. The molecule has 0 fully saturated rings. The number of rotatable bonds is 7. The first-order chi connectivity index (χ1) is 9.64. The van der Waals surface area contributed by atoms with Gasteiger partial charge in [0.05, 0.1) is 5.69 Å². The van der Waals surface area contributed by atoms with Crippen LogP contribution in [0.2, 0.25) is 0 Å². The highest BCUT2D eigenvalue weighted by molar-refractivity contribution is 7.89. The summed E-state index contributed by atoms with van der Waals surface area (Å²) in [7, 11) is -0.731. The van der Waals surface area contributed by atoms with E-state index in [4.69, 9.17) is 0 Å². The van der Waals surface area contributed by atoms with Crippen molar-refractivity contribution >= 4 is 15.7 Å². The van der Waals surface area contributed by atoms with Crippen molar-refractivity contribution in [2.24, 2.45) is 0 Å². The molecule has 0 aliphatic heterocycles. The minimum atomic E-state index is -4.15. The molecule has 0 unspecified atom stereocenters. The number of nitrogens with zero attached hydrogens (tertiary/aromatic N) is 1. The van der Waals surface area contributed by atoms with Gasteiger partial charge in [-0.15, -0.1) is 0 Å². The Morgan fingerprint density at radius 1 is 1.14 bits per heavy atom. The Labute approximate surface area is 123 Å². The van der Waals surface area contributed by atoms with Crippen LogP contribution in [0.3, 0.4) is 0 Å². The summed E-state index contributed by atoms with van der Waals surface area (Å²) in [5, 5.41) is 2.89. The summed E-state index contributed by atoms with van der Waals surface area (Å²) in [6.07, 6.45) is -4.65. The molecule has 120 valence electrons. The van der Waals surface area contributed by atoms with E-state index in [0.29, 0.717) is 12.1 Å². The van der Waals surface area contributed by atoms with Gasteiger partial charge in [-0.3, -0.25) is 0 Å². The first-order valence-electron chi connectivity index (χ1n) is 6.47. The van der Waals surface area contributed by atoms with Gasteiger partial charge in [0.2, 0.25) is 10.0 Å². The Kier molecular flexibility index (Phi) is 6.03. The smallest absolute Gasteiger partial charge is 0.384 e. The first-order valence-corrected chi connectivity index (χ1v) is 7.91. The van der Waals surface area contributed by atoms with Crippen molar-refractivity contribution < 1.29 is 21.6 Å². The number of nitrogens with one attached hydrogen (secondary N) is 1. The van der Waals surface area contributed by atoms with Gasteiger partial charge in [-0.25, -0.2) is 12.7 Å². The van der Waals surface area contributed by atoms with Gasteiger partial charge in [-0.1, -0.05) is 12.1 Å². The van der Waals surface area contributed by atoms with E-state index in [1.807, 2.05) is 0 Å². The van der Waals surface area contributed by atoms with E-state index in [9.17, 15) is 21.6 Å². The Bertz CT molecular complexity index is 557. The highest BCUT2D eigenvalue weighted by Crippen LogP contribution is 2.24. The van der Waals surface area contributed by atoms with Crippen LogP contribution in [0.5, 0.6) is 0 Å². The maximum atomic E-state index is 12.1. The maximum Gasteiger partial charge on any atom is 0.389 e. The molecule has 1 rings (SSSR count). The Balaban J connectivity index is 2.65. The van der Waals surface area contributed by atoms with Crippen LogP contribution >= 0.6 is 0 Å². The number of unbranched alkanes of at least 4 members (excludes halogenated alkanes) is 1. The topological polar surface area (TPSA) is 49.4 Å². The zero-order chi connectivity index (χ0) is 16.1. The van der Waals surface area contributed by atoms with E-state index in [2.05, 4.69) is 5.32 Å². The molecule has 8 heteroatoms. The normalized spacial score (nSPS) is 12.7. The van der Waals surface area contributed by atoms with Crippen molar-refractivity contribution in [3.05, 3.63) is 24.3 Å². The molecule has 0 aliphatic rings. The van der Waals surface area contributed by atoms with Crippen LogP contribution in [0, 0.1) is 0 Å². The largest absolute Gasteiger partial charge is 0.389 e. The van der Waals surface area contributed by atoms with Gasteiger partial charge in [0.1, 0.15) is 4.90 Å². The molecule has 21 heavy (non-hydrogen) atoms. The van der Waals surface area contributed by atoms with Crippen LogP contribution in [0.1, 0.15) is 19.3 Å². The van der Waals surface area contributed by atoms with Gasteiger partial charge in [-0.2, -0.15) is 13.2 Å². The Hall–Kier alpha value is -1.28. The van der Waals surface area contributed by atoms with E-state index in [0.717, 1.165) is 4.31 Å². The second-order valence-electron chi connectivity index (χ2n) is 4.78. The fourth-order valence-electron chi connectivity index (χ4n) is 1.71. The second kappa shape index (κ2) is 7.13. The Morgan fingerprint density at radius 2 is 1.76 bits per heavy atom. The van der Waals surface area contributed by atoms with Crippen LogP contribution in [0.25, 0.3) is 0 Å². The summed E-state index contributed by atoms with van der Waals surface area (Å²) in [5.41, 5.74) is 0.401. The first kappa shape index (κ1) is 17.8. The summed E-state index contributed by atoms with van der Waals surface area (Å²) in [4.78, 5) is 0.117. The van der Waals surface area contributed by atoms with E-state index in [1.54, 1.807) is 18.2 Å². The fourth-order valence-corrected chi connectivity index (χ4v) is 2.77. The van der Waals surface area contributed by atoms with Gasteiger partial charge in [0.15, 0.2) is 0 Å². The van der Waals surface area contributed by atoms with Crippen molar-refractivity contribution in [2.45, 2.75) is 30.3 Å². The quantitative estimate of drug-likeness (QED) is 0.784. The number of hydrogen-bond donors (Lipinski definition) is 1. The molecule has 0 aliphatic carbocycles.